The minimum Gasteiger partial charge on any atom is -0.381 e. The highest BCUT2D eigenvalue weighted by Crippen LogP contribution is 2.38. The van der Waals surface area contributed by atoms with Gasteiger partial charge in [0.15, 0.2) is 5.96 Å². The number of aliphatic imine (C=N–C) groups is 1. The maximum Gasteiger partial charge on any atom is 0.194 e. The van der Waals surface area contributed by atoms with Crippen LogP contribution in [-0.2, 0) is 11.3 Å². The number of nitrogens with zero attached hydrogens (tertiary/aromatic N) is 3. The molecule has 3 rings (SSSR count). The molecule has 6 heteroatoms. The molecule has 0 amide bonds. The molecule has 1 aromatic rings. The minimum atomic E-state index is 0.370. The number of aromatic nitrogens is 1. The molecule has 0 bridgehead atoms. The van der Waals surface area contributed by atoms with E-state index >= 15 is 0 Å². The molecule has 3 heterocycles. The van der Waals surface area contributed by atoms with Crippen LogP contribution in [0.25, 0.3) is 0 Å². The Balaban J connectivity index is 1.57. The lowest BCUT2D eigenvalue weighted by atomic mass is 9.87. The smallest absolute Gasteiger partial charge is 0.194 e. The van der Waals surface area contributed by atoms with Gasteiger partial charge in [-0.15, -0.1) is 11.3 Å². The van der Waals surface area contributed by atoms with E-state index in [0.29, 0.717) is 5.41 Å². The molecule has 0 aliphatic carbocycles. The van der Waals surface area contributed by atoms with E-state index in [1.165, 1.54) is 17.7 Å². The molecular weight excluding hydrogens is 272 g/mol. The lowest BCUT2D eigenvalue weighted by Gasteiger charge is -2.24. The lowest BCUT2D eigenvalue weighted by Crippen LogP contribution is -2.41. The summed E-state index contributed by atoms with van der Waals surface area (Å²) in [7, 11) is 1.85. The minimum absolute atomic E-state index is 0.370. The van der Waals surface area contributed by atoms with Crippen LogP contribution in [0.5, 0.6) is 0 Å². The molecule has 1 spiro atoms. The van der Waals surface area contributed by atoms with Gasteiger partial charge in [-0.25, -0.2) is 4.98 Å². The van der Waals surface area contributed by atoms with Gasteiger partial charge >= 0.3 is 0 Å². The van der Waals surface area contributed by atoms with Crippen LogP contribution in [-0.4, -0.2) is 49.2 Å². The average Bonchev–Trinajstić information content (AvgIpc) is 3.15. The molecule has 5 nitrogen and oxygen atoms in total. The van der Waals surface area contributed by atoms with Crippen LogP contribution in [0.4, 0.5) is 0 Å². The zero-order chi connectivity index (χ0) is 14.0. The molecule has 2 aliphatic heterocycles. The van der Waals surface area contributed by atoms with Gasteiger partial charge in [-0.05, 0) is 19.8 Å². The number of rotatable bonds is 2. The number of nitrogens with one attached hydrogen (secondary N) is 1. The molecule has 0 saturated carbocycles. The van der Waals surface area contributed by atoms with Gasteiger partial charge in [0.2, 0.25) is 0 Å². The summed E-state index contributed by atoms with van der Waals surface area (Å²) >= 11 is 1.73. The molecule has 0 aromatic carbocycles. The third kappa shape index (κ3) is 2.81. The molecule has 20 heavy (non-hydrogen) atoms. The zero-order valence-corrected chi connectivity index (χ0v) is 13.0. The first kappa shape index (κ1) is 13.8. The number of aryl methyl sites for hydroxylation is 1. The second kappa shape index (κ2) is 5.69. The number of thiazole rings is 1. The van der Waals surface area contributed by atoms with E-state index < -0.39 is 0 Å². The first-order valence-electron chi connectivity index (χ1n) is 7.15. The molecule has 2 fully saturated rings. The van der Waals surface area contributed by atoms with Gasteiger partial charge in [0.25, 0.3) is 0 Å². The Morgan fingerprint density at radius 3 is 3.15 bits per heavy atom. The van der Waals surface area contributed by atoms with E-state index in [1.807, 2.05) is 13.2 Å². The van der Waals surface area contributed by atoms with Crippen molar-refractivity contribution in [2.75, 3.05) is 33.4 Å². The monoisotopic (exact) mass is 294 g/mol. The fourth-order valence-corrected chi connectivity index (χ4v) is 3.78. The Hall–Kier alpha value is -1.14. The average molecular weight is 294 g/mol. The normalized spacial score (nSPS) is 26.7. The lowest BCUT2D eigenvalue weighted by molar-refractivity contribution is 0.156. The molecular formula is C14H22N4OS. The highest BCUT2D eigenvalue weighted by Gasteiger charge is 2.42. The van der Waals surface area contributed by atoms with Crippen molar-refractivity contribution in [1.82, 2.24) is 15.2 Å². The SMILES string of the molecule is CN=C(NCc1ncc(C)s1)N1CCC2(CCOC2)C1. The summed E-state index contributed by atoms with van der Waals surface area (Å²) in [6.45, 7) is 6.79. The van der Waals surface area contributed by atoms with E-state index in [1.54, 1.807) is 11.3 Å². The van der Waals surface area contributed by atoms with Crippen molar-refractivity contribution in [1.29, 1.82) is 0 Å². The fourth-order valence-electron chi connectivity index (χ4n) is 3.06. The van der Waals surface area contributed by atoms with Crippen molar-refractivity contribution in [3.8, 4) is 0 Å². The van der Waals surface area contributed by atoms with Crippen LogP contribution in [0.3, 0.4) is 0 Å². The van der Waals surface area contributed by atoms with Gasteiger partial charge < -0.3 is 15.0 Å². The Morgan fingerprint density at radius 1 is 1.60 bits per heavy atom. The Bertz CT molecular complexity index is 493. The summed E-state index contributed by atoms with van der Waals surface area (Å²) in [6.07, 6.45) is 4.32. The van der Waals surface area contributed by atoms with Gasteiger partial charge in [-0.3, -0.25) is 4.99 Å². The fraction of sp³-hybridized carbons (Fsp3) is 0.714. The third-order valence-corrected chi connectivity index (χ3v) is 5.11. The van der Waals surface area contributed by atoms with Crippen LogP contribution < -0.4 is 5.32 Å². The van der Waals surface area contributed by atoms with Crippen molar-refractivity contribution in [3.63, 3.8) is 0 Å². The summed E-state index contributed by atoms with van der Waals surface area (Å²) in [5.41, 5.74) is 0.370. The summed E-state index contributed by atoms with van der Waals surface area (Å²) in [5, 5.41) is 4.54. The van der Waals surface area contributed by atoms with E-state index in [2.05, 4.69) is 27.1 Å². The van der Waals surface area contributed by atoms with Crippen molar-refractivity contribution in [2.24, 2.45) is 10.4 Å². The maximum atomic E-state index is 5.58. The number of guanidine groups is 1. The summed E-state index contributed by atoms with van der Waals surface area (Å²) < 4.78 is 5.58. The predicted octanol–water partition coefficient (Wildman–Crippen LogP) is 1.64. The molecule has 110 valence electrons. The van der Waals surface area contributed by atoms with Crippen molar-refractivity contribution < 1.29 is 4.74 Å². The largest absolute Gasteiger partial charge is 0.381 e. The van der Waals surface area contributed by atoms with Crippen LogP contribution in [0.15, 0.2) is 11.2 Å². The highest BCUT2D eigenvalue weighted by molar-refractivity contribution is 7.11. The van der Waals surface area contributed by atoms with Crippen molar-refractivity contribution >= 4 is 17.3 Å². The third-order valence-electron chi connectivity index (χ3n) is 4.20. The molecule has 2 saturated heterocycles. The number of hydrogen-bond donors (Lipinski definition) is 1. The molecule has 0 radical (unpaired) electrons. The second-order valence-corrected chi connectivity index (χ2v) is 7.06. The quantitative estimate of drug-likeness (QED) is 0.665. The molecule has 1 unspecified atom stereocenters. The van der Waals surface area contributed by atoms with Crippen LogP contribution in [0.2, 0.25) is 0 Å². The number of ether oxygens (including phenoxy) is 1. The standard InChI is InChI=1S/C14H22N4OS/c1-11-7-16-12(20-11)8-17-13(15-2)18-5-3-14(9-18)4-6-19-10-14/h7H,3-6,8-10H2,1-2H3,(H,15,17). The number of hydrogen-bond acceptors (Lipinski definition) is 4. The molecule has 2 aliphatic rings. The van der Waals surface area contributed by atoms with Gasteiger partial charge in [-0.1, -0.05) is 0 Å². The summed E-state index contributed by atoms with van der Waals surface area (Å²) in [5.74, 6) is 0.988. The van der Waals surface area contributed by atoms with E-state index in [0.717, 1.165) is 43.8 Å². The Kier molecular flexibility index (Phi) is 3.94. The van der Waals surface area contributed by atoms with E-state index in [-0.39, 0.29) is 0 Å². The van der Waals surface area contributed by atoms with Crippen molar-refractivity contribution in [3.05, 3.63) is 16.1 Å². The Morgan fingerprint density at radius 2 is 2.50 bits per heavy atom. The molecule has 1 N–H and O–H groups in total. The molecule has 1 aromatic heterocycles. The Labute approximate surface area is 124 Å². The second-order valence-electron chi connectivity index (χ2n) is 5.74. The van der Waals surface area contributed by atoms with Gasteiger partial charge in [0.05, 0.1) is 13.2 Å². The maximum absolute atomic E-state index is 5.58. The summed E-state index contributed by atoms with van der Waals surface area (Å²) in [4.78, 5) is 12.4. The zero-order valence-electron chi connectivity index (χ0n) is 12.2. The highest BCUT2D eigenvalue weighted by atomic mass is 32.1. The number of likely N-dealkylation sites (tertiary alicyclic amines) is 1. The van der Waals surface area contributed by atoms with Crippen molar-refractivity contribution in [2.45, 2.75) is 26.3 Å². The van der Waals surface area contributed by atoms with Crippen LogP contribution in [0.1, 0.15) is 22.7 Å². The van der Waals surface area contributed by atoms with E-state index in [4.69, 9.17) is 4.74 Å². The predicted molar refractivity (Wildman–Crippen MR) is 81.1 cm³/mol. The molecule has 1 atom stereocenters. The topological polar surface area (TPSA) is 49.8 Å². The van der Waals surface area contributed by atoms with E-state index in [9.17, 15) is 0 Å². The first-order valence-corrected chi connectivity index (χ1v) is 7.97. The van der Waals surface area contributed by atoms with Crippen LogP contribution in [0, 0.1) is 12.3 Å². The van der Waals surface area contributed by atoms with Gasteiger partial charge in [0.1, 0.15) is 5.01 Å². The van der Waals surface area contributed by atoms with Gasteiger partial charge in [-0.2, -0.15) is 0 Å². The first-order chi connectivity index (χ1) is 9.71. The van der Waals surface area contributed by atoms with Gasteiger partial charge in [0, 0.05) is 43.2 Å². The summed E-state index contributed by atoms with van der Waals surface area (Å²) in [6, 6.07) is 0. The van der Waals surface area contributed by atoms with Crippen LogP contribution >= 0.6 is 11.3 Å².